The lowest BCUT2D eigenvalue weighted by molar-refractivity contribution is 0.425. The lowest BCUT2D eigenvalue weighted by Gasteiger charge is -2.14. The molecule has 0 aliphatic heterocycles. The Kier molecular flexibility index (Phi) is 6.36. The maximum atomic E-state index is 4.62. The van der Waals surface area contributed by atoms with Crippen LogP contribution in [0.2, 0.25) is 0 Å². The first-order chi connectivity index (χ1) is 13.0. The normalized spacial score (nSPS) is 10.9. The van der Waals surface area contributed by atoms with Crippen LogP contribution in [0.1, 0.15) is 5.56 Å². The summed E-state index contributed by atoms with van der Waals surface area (Å²) in [6, 6.07) is 13.9. The molecule has 0 unspecified atom stereocenters. The molecule has 0 amide bonds. The molecule has 0 aliphatic carbocycles. The second kappa shape index (κ2) is 8.92. The van der Waals surface area contributed by atoms with Crippen LogP contribution in [0.3, 0.4) is 0 Å². The average molecular weight is 427 g/mol. The molecule has 6 nitrogen and oxygen atoms in total. The number of hydrogen-bond donors (Lipinski definition) is 2. The van der Waals surface area contributed by atoms with Crippen molar-refractivity contribution in [3.8, 4) is 11.4 Å². The highest BCUT2D eigenvalue weighted by Crippen LogP contribution is 2.28. The number of likely N-dealkylation sites (N-methyl/N-ethyl adjacent to an activating group) is 1. The van der Waals surface area contributed by atoms with E-state index in [4.69, 9.17) is 0 Å². The molecule has 2 N–H and O–H groups in total. The molecule has 7 heteroatoms. The van der Waals surface area contributed by atoms with Crippen LogP contribution >= 0.6 is 15.9 Å². The summed E-state index contributed by atoms with van der Waals surface area (Å²) in [6.07, 6.45) is 1.76. The van der Waals surface area contributed by atoms with Crippen molar-refractivity contribution < 1.29 is 0 Å². The second-order valence-electron chi connectivity index (χ2n) is 6.52. The van der Waals surface area contributed by atoms with Crippen molar-refractivity contribution in [3.05, 3.63) is 58.7 Å². The van der Waals surface area contributed by atoms with Crippen LogP contribution in [-0.2, 0) is 0 Å². The van der Waals surface area contributed by atoms with E-state index in [9.17, 15) is 0 Å². The lowest BCUT2D eigenvalue weighted by atomic mass is 10.2. The highest BCUT2D eigenvalue weighted by Gasteiger charge is 2.09. The molecule has 0 fully saturated rings. The number of halogens is 1. The smallest absolute Gasteiger partial charge is 0.225 e. The third kappa shape index (κ3) is 5.48. The maximum absolute atomic E-state index is 4.62. The van der Waals surface area contributed by atoms with Crippen LogP contribution in [0.15, 0.2) is 53.1 Å². The molecule has 1 aromatic carbocycles. The maximum Gasteiger partial charge on any atom is 0.225 e. The number of nitrogens with zero attached hydrogens (tertiary/aromatic N) is 4. The molecule has 3 aromatic rings. The van der Waals surface area contributed by atoms with Crippen molar-refractivity contribution in [3.63, 3.8) is 0 Å². The minimum atomic E-state index is 0.575. The Morgan fingerprint density at radius 1 is 1.04 bits per heavy atom. The fourth-order valence-corrected chi connectivity index (χ4v) is 3.08. The quantitative estimate of drug-likeness (QED) is 0.585. The van der Waals surface area contributed by atoms with Crippen LogP contribution in [0, 0.1) is 6.92 Å². The molecule has 0 aliphatic rings. The number of anilines is 3. The van der Waals surface area contributed by atoms with Gasteiger partial charge >= 0.3 is 0 Å². The van der Waals surface area contributed by atoms with E-state index in [1.807, 2.05) is 44.4 Å². The molecule has 0 saturated heterocycles. The van der Waals surface area contributed by atoms with Gasteiger partial charge in [0.1, 0.15) is 5.82 Å². The largest absolute Gasteiger partial charge is 0.353 e. The van der Waals surface area contributed by atoms with Crippen molar-refractivity contribution in [2.24, 2.45) is 0 Å². The van der Waals surface area contributed by atoms with E-state index in [-0.39, 0.29) is 0 Å². The number of benzene rings is 1. The number of aryl methyl sites for hydroxylation is 1. The predicted octanol–water partition coefficient (Wildman–Crippen LogP) is 4.33. The Morgan fingerprint density at radius 2 is 1.89 bits per heavy atom. The number of rotatable bonds is 7. The summed E-state index contributed by atoms with van der Waals surface area (Å²) in [7, 11) is 4.07. The Morgan fingerprint density at radius 3 is 2.59 bits per heavy atom. The van der Waals surface area contributed by atoms with Gasteiger partial charge in [-0.25, -0.2) is 4.98 Å². The highest BCUT2D eigenvalue weighted by molar-refractivity contribution is 9.10. The zero-order valence-electron chi connectivity index (χ0n) is 15.7. The van der Waals surface area contributed by atoms with Gasteiger partial charge in [-0.15, -0.1) is 0 Å². The number of pyridine rings is 1. The number of nitrogens with one attached hydrogen (secondary N) is 2. The van der Waals surface area contributed by atoms with Crippen LogP contribution in [0.25, 0.3) is 11.4 Å². The van der Waals surface area contributed by atoms with Crippen LogP contribution in [0.5, 0.6) is 0 Å². The van der Waals surface area contributed by atoms with Gasteiger partial charge in [0.15, 0.2) is 0 Å². The first kappa shape index (κ1) is 19.3. The van der Waals surface area contributed by atoms with Crippen molar-refractivity contribution in [1.29, 1.82) is 0 Å². The first-order valence-electron chi connectivity index (χ1n) is 8.73. The van der Waals surface area contributed by atoms with E-state index in [1.54, 1.807) is 6.20 Å². The topological polar surface area (TPSA) is 66.0 Å². The molecule has 0 spiro atoms. The van der Waals surface area contributed by atoms with Crippen molar-refractivity contribution in [2.45, 2.75) is 6.92 Å². The average Bonchev–Trinajstić information content (AvgIpc) is 2.64. The summed E-state index contributed by atoms with van der Waals surface area (Å²) in [5.74, 6) is 1.29. The summed E-state index contributed by atoms with van der Waals surface area (Å²) in [4.78, 5) is 15.8. The fourth-order valence-electron chi connectivity index (χ4n) is 2.49. The van der Waals surface area contributed by atoms with E-state index >= 15 is 0 Å². The predicted molar refractivity (Wildman–Crippen MR) is 114 cm³/mol. The molecule has 0 saturated carbocycles. The number of aromatic nitrogens is 3. The molecule has 0 radical (unpaired) electrons. The molecule has 3 rings (SSSR count). The zero-order chi connectivity index (χ0) is 19.2. The van der Waals surface area contributed by atoms with E-state index in [0.717, 1.165) is 34.6 Å². The molecule has 27 heavy (non-hydrogen) atoms. The summed E-state index contributed by atoms with van der Waals surface area (Å²) >= 11 is 3.61. The van der Waals surface area contributed by atoms with Crippen molar-refractivity contribution in [1.82, 2.24) is 19.9 Å². The van der Waals surface area contributed by atoms with E-state index in [1.165, 1.54) is 5.56 Å². The van der Waals surface area contributed by atoms with Gasteiger partial charge < -0.3 is 15.5 Å². The first-order valence-corrected chi connectivity index (χ1v) is 9.53. The number of hydrogen-bond acceptors (Lipinski definition) is 6. The van der Waals surface area contributed by atoms with Crippen LogP contribution in [-0.4, -0.2) is 47.0 Å². The third-order valence-corrected chi connectivity index (χ3v) is 4.54. The van der Waals surface area contributed by atoms with Crippen molar-refractivity contribution >= 4 is 33.4 Å². The summed E-state index contributed by atoms with van der Waals surface area (Å²) < 4.78 is 0.989. The Hall–Kier alpha value is -2.51. The minimum Gasteiger partial charge on any atom is -0.353 e. The van der Waals surface area contributed by atoms with Gasteiger partial charge in [-0.2, -0.15) is 4.98 Å². The third-order valence-electron chi connectivity index (χ3n) is 3.88. The van der Waals surface area contributed by atoms with E-state index in [0.29, 0.717) is 11.8 Å². The summed E-state index contributed by atoms with van der Waals surface area (Å²) in [5, 5.41) is 6.67. The van der Waals surface area contributed by atoms with E-state index in [2.05, 4.69) is 65.5 Å². The van der Waals surface area contributed by atoms with Gasteiger partial charge in [-0.05, 0) is 66.8 Å². The molecule has 2 aromatic heterocycles. The van der Waals surface area contributed by atoms with Crippen LogP contribution in [0.4, 0.5) is 17.5 Å². The Labute approximate surface area is 168 Å². The van der Waals surface area contributed by atoms with Gasteiger partial charge in [-0.1, -0.05) is 12.1 Å². The molecule has 0 atom stereocenters. The van der Waals surface area contributed by atoms with Gasteiger partial charge in [0.2, 0.25) is 5.95 Å². The van der Waals surface area contributed by atoms with Gasteiger partial charge in [-0.3, -0.25) is 4.98 Å². The summed E-state index contributed by atoms with van der Waals surface area (Å²) in [6.45, 7) is 3.71. The Balaban J connectivity index is 1.91. The SMILES string of the molecule is Cc1ccc(Nc2cc(-c3ccccn3)nc(NCCN(C)C)n2)c(Br)c1. The van der Waals surface area contributed by atoms with Crippen LogP contribution < -0.4 is 10.6 Å². The van der Waals surface area contributed by atoms with Crippen molar-refractivity contribution in [2.75, 3.05) is 37.8 Å². The molecule has 0 bridgehead atoms. The zero-order valence-corrected chi connectivity index (χ0v) is 17.3. The van der Waals surface area contributed by atoms with Gasteiger partial charge in [0.25, 0.3) is 0 Å². The van der Waals surface area contributed by atoms with Gasteiger partial charge in [0.05, 0.1) is 17.1 Å². The lowest BCUT2D eigenvalue weighted by Crippen LogP contribution is -2.21. The molecule has 140 valence electrons. The minimum absolute atomic E-state index is 0.575. The monoisotopic (exact) mass is 426 g/mol. The standard InChI is InChI=1S/C20H23BrN6/c1-14-7-8-16(15(21)12-14)24-19-13-18(17-6-4-5-9-22-17)25-20(26-19)23-10-11-27(2)3/h4-9,12-13H,10-11H2,1-3H3,(H2,23,24,25,26). The van der Waals surface area contributed by atoms with Gasteiger partial charge in [0, 0.05) is 29.8 Å². The highest BCUT2D eigenvalue weighted by atomic mass is 79.9. The Bertz CT molecular complexity index is 898. The molecule has 2 heterocycles. The second-order valence-corrected chi connectivity index (χ2v) is 7.37. The summed E-state index contributed by atoms with van der Waals surface area (Å²) in [5.41, 5.74) is 3.71. The molecular formula is C20H23BrN6. The molecular weight excluding hydrogens is 404 g/mol. The fraction of sp³-hybridized carbons (Fsp3) is 0.250. The van der Waals surface area contributed by atoms with E-state index < -0.39 is 0 Å².